The summed E-state index contributed by atoms with van der Waals surface area (Å²) in [4.78, 5) is 28.7. The molecule has 0 bridgehead atoms. The Balaban J connectivity index is 1.62. The van der Waals surface area contributed by atoms with E-state index in [1.807, 2.05) is 0 Å². The van der Waals surface area contributed by atoms with E-state index in [9.17, 15) is 9.59 Å². The van der Waals surface area contributed by atoms with Gasteiger partial charge in [0, 0.05) is 17.3 Å². The minimum absolute atomic E-state index is 0.204. The molecule has 0 unspecified atom stereocenters. The Labute approximate surface area is 216 Å². The van der Waals surface area contributed by atoms with Crippen molar-refractivity contribution in [1.82, 2.24) is 9.55 Å². The van der Waals surface area contributed by atoms with Crippen LogP contribution in [0.25, 0.3) is 23.0 Å². The van der Waals surface area contributed by atoms with E-state index in [2.05, 4.69) is 37.9 Å². The highest BCUT2D eigenvalue weighted by atomic mass is 16.5. The molecule has 0 fully saturated rings. The third-order valence-corrected chi connectivity index (χ3v) is 6.48. The van der Waals surface area contributed by atoms with Gasteiger partial charge in [-0.25, -0.2) is 4.79 Å². The zero-order valence-electron chi connectivity index (χ0n) is 21.8. The number of H-pyrrole nitrogens is 1. The monoisotopic (exact) mass is 498 g/mol. The van der Waals surface area contributed by atoms with Gasteiger partial charge >= 0.3 is 5.69 Å². The van der Waals surface area contributed by atoms with E-state index in [4.69, 9.17) is 14.2 Å². The summed E-state index contributed by atoms with van der Waals surface area (Å²) in [5, 5.41) is 0. The van der Waals surface area contributed by atoms with Crippen molar-refractivity contribution in [3.63, 3.8) is 0 Å². The normalized spacial score (nSPS) is 11.1. The van der Waals surface area contributed by atoms with Crippen LogP contribution in [0, 0.1) is 20.8 Å². The summed E-state index contributed by atoms with van der Waals surface area (Å²) in [6.45, 7) is 6.20. The molecule has 0 amide bonds. The number of aromatic amines is 1. The van der Waals surface area contributed by atoms with Gasteiger partial charge in [0.2, 0.25) is 5.75 Å². The molecular formula is C30H30N2O5. The molecule has 190 valence electrons. The highest BCUT2D eigenvalue weighted by Gasteiger charge is 2.13. The summed E-state index contributed by atoms with van der Waals surface area (Å²) in [6.07, 6.45) is 4.92. The Morgan fingerprint density at radius 1 is 0.892 bits per heavy atom. The average Bonchev–Trinajstić information content (AvgIpc) is 3.30. The van der Waals surface area contributed by atoms with E-state index in [-0.39, 0.29) is 11.5 Å². The molecule has 7 nitrogen and oxygen atoms in total. The first-order valence-corrected chi connectivity index (χ1v) is 11.8. The third kappa shape index (κ3) is 5.21. The van der Waals surface area contributed by atoms with Gasteiger partial charge in [0.1, 0.15) is 0 Å². The molecule has 0 aliphatic carbocycles. The Bertz CT molecular complexity index is 1510. The van der Waals surface area contributed by atoms with E-state index in [1.54, 1.807) is 48.7 Å². The Morgan fingerprint density at radius 3 is 2.14 bits per heavy atom. The molecule has 0 saturated heterocycles. The molecule has 0 spiro atoms. The SMILES string of the molecule is COc1cc(/C=C/C(=O)c2cccc(-n3cc(-c4cc(C)c(C)c(C)c4)[nH]c3=O)c2)cc(OC)c1OC. The van der Waals surface area contributed by atoms with E-state index in [1.165, 1.54) is 37.5 Å². The number of hydrogen-bond acceptors (Lipinski definition) is 5. The maximum absolute atomic E-state index is 13.0. The first-order valence-electron chi connectivity index (χ1n) is 11.8. The number of ether oxygens (including phenoxy) is 3. The lowest BCUT2D eigenvalue weighted by Crippen LogP contribution is -2.14. The quantitative estimate of drug-likeness (QED) is 0.250. The predicted molar refractivity (Wildman–Crippen MR) is 145 cm³/mol. The van der Waals surface area contributed by atoms with Crippen LogP contribution in [0.2, 0.25) is 0 Å². The number of hydrogen-bond donors (Lipinski definition) is 1. The number of nitrogens with zero attached hydrogens (tertiary/aromatic N) is 1. The van der Waals surface area contributed by atoms with Crippen molar-refractivity contribution in [1.29, 1.82) is 0 Å². The van der Waals surface area contributed by atoms with Crippen LogP contribution in [0.3, 0.4) is 0 Å². The van der Waals surface area contributed by atoms with E-state index in [0.717, 1.165) is 22.4 Å². The summed E-state index contributed by atoms with van der Waals surface area (Å²) in [6, 6.07) is 14.6. The van der Waals surface area contributed by atoms with Crippen molar-refractivity contribution < 1.29 is 19.0 Å². The van der Waals surface area contributed by atoms with Gasteiger partial charge < -0.3 is 19.2 Å². The number of benzene rings is 3. The Hall–Kier alpha value is -4.52. The highest BCUT2D eigenvalue weighted by molar-refractivity contribution is 6.07. The average molecular weight is 499 g/mol. The number of imidazole rings is 1. The van der Waals surface area contributed by atoms with Crippen LogP contribution in [-0.2, 0) is 0 Å². The van der Waals surface area contributed by atoms with Gasteiger partial charge in [0.25, 0.3) is 0 Å². The van der Waals surface area contributed by atoms with Crippen molar-refractivity contribution in [2.24, 2.45) is 0 Å². The van der Waals surface area contributed by atoms with Crippen molar-refractivity contribution >= 4 is 11.9 Å². The van der Waals surface area contributed by atoms with Gasteiger partial charge in [0.05, 0.1) is 32.7 Å². The predicted octanol–water partition coefficient (Wildman–Crippen LogP) is 5.68. The van der Waals surface area contributed by atoms with Gasteiger partial charge in [-0.05, 0) is 85.5 Å². The molecule has 4 aromatic rings. The summed E-state index contributed by atoms with van der Waals surface area (Å²) in [5.74, 6) is 1.27. The summed E-state index contributed by atoms with van der Waals surface area (Å²) in [7, 11) is 4.61. The number of carbonyl (C=O) groups excluding carboxylic acids is 1. The fourth-order valence-corrected chi connectivity index (χ4v) is 4.20. The molecule has 0 radical (unpaired) electrons. The molecule has 0 atom stereocenters. The first kappa shape index (κ1) is 25.6. The Kier molecular flexibility index (Phi) is 7.34. The molecule has 0 aliphatic heterocycles. The van der Waals surface area contributed by atoms with Crippen LogP contribution in [0.1, 0.15) is 32.6 Å². The van der Waals surface area contributed by atoms with Crippen LogP contribution in [-0.4, -0.2) is 36.7 Å². The number of aryl methyl sites for hydroxylation is 2. The lowest BCUT2D eigenvalue weighted by Gasteiger charge is -2.12. The second-order valence-corrected chi connectivity index (χ2v) is 8.78. The number of ketones is 1. The number of methoxy groups -OCH3 is 3. The molecule has 3 aromatic carbocycles. The zero-order valence-corrected chi connectivity index (χ0v) is 21.8. The number of aromatic nitrogens is 2. The van der Waals surface area contributed by atoms with E-state index >= 15 is 0 Å². The van der Waals surface area contributed by atoms with Crippen LogP contribution in [0.5, 0.6) is 17.2 Å². The summed E-state index contributed by atoms with van der Waals surface area (Å²) < 4.78 is 17.6. The molecule has 4 rings (SSSR count). The van der Waals surface area contributed by atoms with Gasteiger partial charge in [0.15, 0.2) is 17.3 Å². The molecule has 0 saturated carbocycles. The van der Waals surface area contributed by atoms with Crippen molar-refractivity contribution in [3.05, 3.63) is 99.1 Å². The molecule has 7 heteroatoms. The van der Waals surface area contributed by atoms with Crippen molar-refractivity contribution in [3.8, 4) is 34.2 Å². The van der Waals surface area contributed by atoms with Gasteiger partial charge in [-0.15, -0.1) is 0 Å². The fourth-order valence-electron chi connectivity index (χ4n) is 4.20. The first-order chi connectivity index (χ1) is 17.7. The largest absolute Gasteiger partial charge is 0.493 e. The fraction of sp³-hybridized carbons (Fsp3) is 0.200. The number of allylic oxidation sites excluding steroid dienone is 1. The summed E-state index contributed by atoms with van der Waals surface area (Å²) >= 11 is 0. The number of nitrogens with one attached hydrogen (secondary N) is 1. The standard InChI is InChI=1S/C30H30N2O5/c1-18-12-23(13-19(2)20(18)3)25-17-32(30(34)31-25)24-9-7-8-22(16-24)26(33)11-10-21-14-27(35-4)29(37-6)28(15-21)36-5/h7-17H,1-6H3,(H,31,34)/b11-10+. The smallest absolute Gasteiger partial charge is 0.330 e. The van der Waals surface area contributed by atoms with E-state index in [0.29, 0.717) is 34.1 Å². The zero-order chi connectivity index (χ0) is 26.7. The highest BCUT2D eigenvalue weighted by Crippen LogP contribution is 2.38. The minimum Gasteiger partial charge on any atom is -0.493 e. The van der Waals surface area contributed by atoms with Crippen LogP contribution >= 0.6 is 0 Å². The maximum Gasteiger partial charge on any atom is 0.330 e. The minimum atomic E-state index is -0.275. The lowest BCUT2D eigenvalue weighted by atomic mass is 9.99. The van der Waals surface area contributed by atoms with Crippen LogP contribution in [0.4, 0.5) is 0 Å². The molecule has 1 heterocycles. The molecule has 0 aliphatic rings. The third-order valence-electron chi connectivity index (χ3n) is 6.48. The van der Waals surface area contributed by atoms with Gasteiger partial charge in [-0.2, -0.15) is 0 Å². The second-order valence-electron chi connectivity index (χ2n) is 8.78. The molecule has 1 N–H and O–H groups in total. The van der Waals surface area contributed by atoms with Crippen molar-refractivity contribution in [2.45, 2.75) is 20.8 Å². The van der Waals surface area contributed by atoms with Crippen molar-refractivity contribution in [2.75, 3.05) is 21.3 Å². The number of carbonyl (C=O) groups is 1. The summed E-state index contributed by atoms with van der Waals surface area (Å²) in [5.41, 5.74) is 6.71. The molecular weight excluding hydrogens is 468 g/mol. The maximum atomic E-state index is 13.0. The molecule has 37 heavy (non-hydrogen) atoms. The Morgan fingerprint density at radius 2 is 1.54 bits per heavy atom. The molecule has 1 aromatic heterocycles. The van der Waals surface area contributed by atoms with Gasteiger partial charge in [-0.1, -0.05) is 18.2 Å². The lowest BCUT2D eigenvalue weighted by molar-refractivity contribution is 0.104. The topological polar surface area (TPSA) is 82.6 Å². The van der Waals surface area contributed by atoms with Crippen LogP contribution < -0.4 is 19.9 Å². The van der Waals surface area contributed by atoms with E-state index < -0.39 is 0 Å². The van der Waals surface area contributed by atoms with Gasteiger partial charge in [-0.3, -0.25) is 9.36 Å². The number of rotatable bonds is 8. The second kappa shape index (κ2) is 10.6. The van der Waals surface area contributed by atoms with Crippen LogP contribution in [0.15, 0.2) is 65.6 Å².